The molecule has 0 bridgehead atoms. The summed E-state index contributed by atoms with van der Waals surface area (Å²) >= 11 is 0. The third-order valence-electron chi connectivity index (χ3n) is 3.94. The normalized spacial score (nSPS) is 20.1. The average Bonchev–Trinajstić information content (AvgIpc) is 2.76. The molecule has 1 fully saturated rings. The van der Waals surface area contributed by atoms with Crippen LogP contribution >= 0.6 is 0 Å². The number of nitrogens with zero attached hydrogens (tertiary/aromatic N) is 1. The van der Waals surface area contributed by atoms with E-state index in [1.807, 2.05) is 0 Å². The Labute approximate surface area is 115 Å². The fourth-order valence-electron chi connectivity index (χ4n) is 2.78. The fourth-order valence-corrected chi connectivity index (χ4v) is 2.78. The van der Waals surface area contributed by atoms with Crippen LogP contribution in [-0.2, 0) is 11.3 Å². The minimum Gasteiger partial charge on any atom is -0.481 e. The Kier molecular flexibility index (Phi) is 4.59. The van der Waals surface area contributed by atoms with Gasteiger partial charge in [0.1, 0.15) is 0 Å². The van der Waals surface area contributed by atoms with E-state index in [1.165, 1.54) is 11.1 Å². The molecule has 19 heavy (non-hydrogen) atoms. The summed E-state index contributed by atoms with van der Waals surface area (Å²) in [6, 6.07) is 8.92. The lowest BCUT2D eigenvalue weighted by Gasteiger charge is -2.23. The van der Waals surface area contributed by atoms with Gasteiger partial charge in [0.2, 0.25) is 0 Å². The molecule has 1 aliphatic rings. The molecule has 0 saturated carbocycles. The number of carboxylic acids is 1. The molecule has 104 valence electrons. The fraction of sp³-hybridized carbons (Fsp3) is 0.562. The number of likely N-dealkylation sites (tertiary alicyclic amines) is 1. The Morgan fingerprint density at radius 3 is 2.63 bits per heavy atom. The number of carbonyl (C=O) groups is 1. The Morgan fingerprint density at radius 2 is 2.05 bits per heavy atom. The maximum Gasteiger partial charge on any atom is 0.304 e. The Bertz CT molecular complexity index is 425. The molecule has 1 aromatic carbocycles. The highest BCUT2D eigenvalue weighted by molar-refractivity contribution is 5.67. The van der Waals surface area contributed by atoms with E-state index in [2.05, 4.69) is 43.0 Å². The van der Waals surface area contributed by atoms with Crippen LogP contribution in [0.3, 0.4) is 0 Å². The van der Waals surface area contributed by atoms with E-state index in [1.54, 1.807) is 0 Å². The van der Waals surface area contributed by atoms with Crippen molar-refractivity contribution in [2.75, 3.05) is 6.54 Å². The first-order valence-electron chi connectivity index (χ1n) is 7.11. The zero-order valence-electron chi connectivity index (χ0n) is 11.8. The lowest BCUT2D eigenvalue weighted by atomic mass is 10.0. The highest BCUT2D eigenvalue weighted by Crippen LogP contribution is 2.23. The molecule has 0 aliphatic carbocycles. The molecule has 0 amide bonds. The van der Waals surface area contributed by atoms with Crippen LogP contribution in [0.2, 0.25) is 0 Å². The van der Waals surface area contributed by atoms with Crippen LogP contribution in [0.5, 0.6) is 0 Å². The highest BCUT2D eigenvalue weighted by atomic mass is 16.4. The van der Waals surface area contributed by atoms with Crippen molar-refractivity contribution in [1.82, 2.24) is 4.90 Å². The topological polar surface area (TPSA) is 40.5 Å². The van der Waals surface area contributed by atoms with Gasteiger partial charge >= 0.3 is 5.97 Å². The lowest BCUT2D eigenvalue weighted by molar-refractivity contribution is -0.138. The van der Waals surface area contributed by atoms with Gasteiger partial charge in [0, 0.05) is 12.6 Å². The largest absolute Gasteiger partial charge is 0.481 e. The van der Waals surface area contributed by atoms with Crippen LogP contribution in [0.4, 0.5) is 0 Å². The van der Waals surface area contributed by atoms with Gasteiger partial charge < -0.3 is 5.11 Å². The number of rotatable bonds is 5. The Morgan fingerprint density at radius 1 is 1.37 bits per heavy atom. The molecule has 3 heteroatoms. The van der Waals surface area contributed by atoms with Gasteiger partial charge in [0.25, 0.3) is 0 Å². The van der Waals surface area contributed by atoms with E-state index in [9.17, 15) is 4.79 Å². The first-order valence-corrected chi connectivity index (χ1v) is 7.11. The van der Waals surface area contributed by atoms with Gasteiger partial charge in [-0.15, -0.1) is 0 Å². The highest BCUT2D eigenvalue weighted by Gasteiger charge is 2.26. The predicted octanol–water partition coefficient (Wildman–Crippen LogP) is 3.25. The van der Waals surface area contributed by atoms with Gasteiger partial charge in [-0.1, -0.05) is 38.1 Å². The molecular formula is C16H23NO2. The Balaban J connectivity index is 1.98. The lowest BCUT2D eigenvalue weighted by Crippen LogP contribution is -2.30. The van der Waals surface area contributed by atoms with Crippen molar-refractivity contribution in [1.29, 1.82) is 0 Å². The van der Waals surface area contributed by atoms with Crippen molar-refractivity contribution >= 4 is 5.97 Å². The number of carboxylic acid groups (broad SMARTS) is 1. The number of benzene rings is 1. The van der Waals surface area contributed by atoms with E-state index in [-0.39, 0.29) is 12.5 Å². The molecule has 1 aromatic rings. The van der Waals surface area contributed by atoms with Gasteiger partial charge in [0.15, 0.2) is 0 Å². The van der Waals surface area contributed by atoms with E-state index in [0.717, 1.165) is 25.9 Å². The third kappa shape index (κ3) is 3.80. The average molecular weight is 261 g/mol. The van der Waals surface area contributed by atoms with Gasteiger partial charge in [-0.25, -0.2) is 0 Å². The maximum absolute atomic E-state index is 10.8. The van der Waals surface area contributed by atoms with Gasteiger partial charge in [-0.2, -0.15) is 0 Å². The molecule has 3 nitrogen and oxygen atoms in total. The molecule has 2 rings (SSSR count). The molecule has 1 saturated heterocycles. The second kappa shape index (κ2) is 6.20. The summed E-state index contributed by atoms with van der Waals surface area (Å²) in [5.74, 6) is -0.132. The minimum atomic E-state index is -0.688. The van der Waals surface area contributed by atoms with Crippen molar-refractivity contribution in [3.8, 4) is 0 Å². The smallest absolute Gasteiger partial charge is 0.304 e. The standard InChI is InChI=1S/C16H23NO2/c1-12(2)14-7-5-13(6-8-14)11-17-9-3-4-15(17)10-16(18)19/h5-8,12,15H,3-4,9-11H2,1-2H3,(H,18,19). The zero-order valence-corrected chi connectivity index (χ0v) is 11.8. The van der Waals surface area contributed by atoms with Crippen molar-refractivity contribution in [2.24, 2.45) is 0 Å². The molecule has 0 aromatic heterocycles. The van der Waals surface area contributed by atoms with Crippen LogP contribution in [0.25, 0.3) is 0 Å². The second-order valence-electron chi connectivity index (χ2n) is 5.76. The molecule has 0 radical (unpaired) electrons. The van der Waals surface area contributed by atoms with Crippen LogP contribution < -0.4 is 0 Å². The minimum absolute atomic E-state index is 0.210. The van der Waals surface area contributed by atoms with Gasteiger partial charge in [-0.05, 0) is 36.4 Å². The summed E-state index contributed by atoms with van der Waals surface area (Å²) in [5, 5.41) is 8.93. The quantitative estimate of drug-likeness (QED) is 0.884. The molecule has 1 N–H and O–H groups in total. The zero-order chi connectivity index (χ0) is 13.8. The van der Waals surface area contributed by atoms with E-state index >= 15 is 0 Å². The van der Waals surface area contributed by atoms with Crippen molar-refractivity contribution in [2.45, 2.75) is 51.6 Å². The third-order valence-corrected chi connectivity index (χ3v) is 3.94. The molecule has 0 spiro atoms. The monoisotopic (exact) mass is 261 g/mol. The molecule has 1 atom stereocenters. The van der Waals surface area contributed by atoms with E-state index in [4.69, 9.17) is 5.11 Å². The predicted molar refractivity (Wildman–Crippen MR) is 76.2 cm³/mol. The summed E-state index contributed by atoms with van der Waals surface area (Å²) in [6.07, 6.45) is 2.39. The molecule has 1 heterocycles. The van der Waals surface area contributed by atoms with Crippen LogP contribution in [-0.4, -0.2) is 28.6 Å². The Hall–Kier alpha value is -1.35. The van der Waals surface area contributed by atoms with Gasteiger partial charge in [-0.3, -0.25) is 9.69 Å². The van der Waals surface area contributed by atoms with Crippen LogP contribution in [0.1, 0.15) is 50.2 Å². The van der Waals surface area contributed by atoms with Crippen molar-refractivity contribution in [3.05, 3.63) is 35.4 Å². The first-order chi connectivity index (χ1) is 9.06. The first kappa shape index (κ1) is 14.1. The van der Waals surface area contributed by atoms with Gasteiger partial charge in [0.05, 0.1) is 6.42 Å². The maximum atomic E-state index is 10.8. The van der Waals surface area contributed by atoms with Crippen LogP contribution in [0.15, 0.2) is 24.3 Å². The van der Waals surface area contributed by atoms with E-state index < -0.39 is 5.97 Å². The molecule has 1 unspecified atom stereocenters. The molecule has 1 aliphatic heterocycles. The summed E-state index contributed by atoms with van der Waals surface area (Å²) in [5.41, 5.74) is 2.63. The van der Waals surface area contributed by atoms with Crippen LogP contribution in [0, 0.1) is 0 Å². The second-order valence-corrected chi connectivity index (χ2v) is 5.76. The SMILES string of the molecule is CC(C)c1ccc(CN2CCCC2CC(=O)O)cc1. The van der Waals surface area contributed by atoms with Crippen molar-refractivity contribution in [3.63, 3.8) is 0 Å². The van der Waals surface area contributed by atoms with Crippen molar-refractivity contribution < 1.29 is 9.90 Å². The molecular weight excluding hydrogens is 238 g/mol. The summed E-state index contributed by atoms with van der Waals surface area (Å²) < 4.78 is 0. The summed E-state index contributed by atoms with van der Waals surface area (Å²) in [4.78, 5) is 13.2. The summed E-state index contributed by atoms with van der Waals surface area (Å²) in [7, 11) is 0. The number of aliphatic carboxylic acids is 1. The number of hydrogen-bond donors (Lipinski definition) is 1. The summed E-state index contributed by atoms with van der Waals surface area (Å²) in [6.45, 7) is 6.27. The number of hydrogen-bond acceptors (Lipinski definition) is 2. The van der Waals surface area contributed by atoms with E-state index in [0.29, 0.717) is 5.92 Å².